The Labute approximate surface area is 98.0 Å². The van der Waals surface area contributed by atoms with Gasteiger partial charge in [-0.1, -0.05) is 30.3 Å². The van der Waals surface area contributed by atoms with Crippen molar-refractivity contribution in [2.75, 3.05) is 0 Å². The lowest BCUT2D eigenvalue weighted by Gasteiger charge is -2.06. The summed E-state index contributed by atoms with van der Waals surface area (Å²) in [5, 5.41) is 1.28. The number of rotatable bonds is 2. The number of esters is 1. The van der Waals surface area contributed by atoms with Gasteiger partial charge in [0.15, 0.2) is 11.6 Å². The smallest absolute Gasteiger partial charge is 0.314 e. The molecule has 0 heterocycles. The van der Waals surface area contributed by atoms with Crippen molar-refractivity contribution in [3.63, 3.8) is 0 Å². The number of carbonyl (C=O) groups excluding carboxylic acids is 1. The van der Waals surface area contributed by atoms with E-state index in [1.54, 1.807) is 18.2 Å². The molecule has 0 radical (unpaired) electrons. The highest BCUT2D eigenvalue weighted by atomic mass is 19.1. The summed E-state index contributed by atoms with van der Waals surface area (Å²) in [5.74, 6) is -0.780. The molecule has 2 nitrogen and oxygen atoms in total. The van der Waals surface area contributed by atoms with E-state index in [0.29, 0.717) is 5.39 Å². The first-order valence-corrected chi connectivity index (χ1v) is 5.64. The summed E-state index contributed by atoms with van der Waals surface area (Å²) < 4.78 is 19.1. The van der Waals surface area contributed by atoms with Crippen LogP contribution in [0.25, 0.3) is 10.8 Å². The van der Waals surface area contributed by atoms with Crippen LogP contribution >= 0.6 is 0 Å². The van der Waals surface area contributed by atoms with Crippen LogP contribution in [0, 0.1) is 11.7 Å². The minimum atomic E-state index is -0.461. The van der Waals surface area contributed by atoms with E-state index in [1.165, 1.54) is 6.07 Å². The maximum Gasteiger partial charge on any atom is 0.314 e. The lowest BCUT2D eigenvalue weighted by atomic mass is 10.1. The number of hydrogen-bond donors (Lipinski definition) is 0. The van der Waals surface area contributed by atoms with Gasteiger partial charge in [0.1, 0.15) is 0 Å². The fourth-order valence-electron chi connectivity index (χ4n) is 1.80. The van der Waals surface area contributed by atoms with Gasteiger partial charge in [0.05, 0.1) is 5.92 Å². The van der Waals surface area contributed by atoms with Crippen molar-refractivity contribution in [2.24, 2.45) is 5.92 Å². The largest absolute Gasteiger partial charge is 0.423 e. The molecule has 86 valence electrons. The molecule has 2 aromatic carbocycles. The molecule has 2 aromatic rings. The van der Waals surface area contributed by atoms with Crippen LogP contribution in [0.1, 0.15) is 12.8 Å². The molecule has 1 aliphatic rings. The number of fused-ring (bicyclic) bond motifs is 1. The number of benzene rings is 2. The first-order valence-electron chi connectivity index (χ1n) is 5.64. The average molecular weight is 230 g/mol. The Morgan fingerprint density at radius 3 is 2.71 bits per heavy atom. The van der Waals surface area contributed by atoms with Crippen LogP contribution in [-0.4, -0.2) is 5.97 Å². The van der Waals surface area contributed by atoms with Gasteiger partial charge in [0.25, 0.3) is 0 Å². The molecule has 0 amide bonds. The molecule has 0 spiro atoms. The standard InChI is InChI=1S/C14H11FO2/c15-13-11-4-2-1-3-9(11)7-8-12(13)17-14(16)10-5-6-10/h1-4,7-8,10H,5-6H2. The van der Waals surface area contributed by atoms with Crippen molar-refractivity contribution in [2.45, 2.75) is 12.8 Å². The van der Waals surface area contributed by atoms with Crippen LogP contribution in [0.15, 0.2) is 36.4 Å². The molecule has 1 saturated carbocycles. The monoisotopic (exact) mass is 230 g/mol. The molecule has 0 aliphatic heterocycles. The second kappa shape index (κ2) is 3.84. The van der Waals surface area contributed by atoms with Crippen LogP contribution in [0.5, 0.6) is 5.75 Å². The van der Waals surface area contributed by atoms with E-state index >= 15 is 0 Å². The van der Waals surface area contributed by atoms with Gasteiger partial charge in [-0.2, -0.15) is 0 Å². The summed E-state index contributed by atoms with van der Waals surface area (Å²) in [4.78, 5) is 11.5. The highest BCUT2D eigenvalue weighted by Gasteiger charge is 2.32. The van der Waals surface area contributed by atoms with E-state index in [-0.39, 0.29) is 17.6 Å². The van der Waals surface area contributed by atoms with Crippen molar-refractivity contribution in [1.82, 2.24) is 0 Å². The zero-order valence-electron chi connectivity index (χ0n) is 9.15. The van der Waals surface area contributed by atoms with Gasteiger partial charge >= 0.3 is 5.97 Å². The van der Waals surface area contributed by atoms with Gasteiger partial charge in [0.2, 0.25) is 0 Å². The number of carbonyl (C=O) groups is 1. The molecule has 0 aromatic heterocycles. The maximum atomic E-state index is 14.0. The van der Waals surface area contributed by atoms with Crippen molar-refractivity contribution in [3.05, 3.63) is 42.2 Å². The van der Waals surface area contributed by atoms with Gasteiger partial charge in [0, 0.05) is 5.39 Å². The molecule has 0 atom stereocenters. The quantitative estimate of drug-likeness (QED) is 0.584. The minimum absolute atomic E-state index is 0.0270. The summed E-state index contributed by atoms with van der Waals surface area (Å²) in [5.41, 5.74) is 0. The van der Waals surface area contributed by atoms with Crippen LogP contribution in [0.3, 0.4) is 0 Å². The van der Waals surface area contributed by atoms with Crippen LogP contribution in [0.2, 0.25) is 0 Å². The molecule has 3 heteroatoms. The normalized spacial score (nSPS) is 14.9. The topological polar surface area (TPSA) is 26.3 Å². The summed E-state index contributed by atoms with van der Waals surface area (Å²) in [6.07, 6.45) is 1.71. The lowest BCUT2D eigenvalue weighted by Crippen LogP contribution is -2.10. The molecule has 0 saturated heterocycles. The molecule has 0 bridgehead atoms. The van der Waals surface area contributed by atoms with Gasteiger partial charge in [-0.05, 0) is 24.3 Å². The van der Waals surface area contributed by atoms with E-state index < -0.39 is 5.82 Å². The van der Waals surface area contributed by atoms with Crippen molar-refractivity contribution < 1.29 is 13.9 Å². The third-order valence-electron chi connectivity index (χ3n) is 2.95. The molecular formula is C14H11FO2. The Bertz CT molecular complexity index is 588. The van der Waals surface area contributed by atoms with Crippen LogP contribution < -0.4 is 4.74 Å². The SMILES string of the molecule is O=C(Oc1ccc2ccccc2c1F)C1CC1. The summed E-state index contributed by atoms with van der Waals surface area (Å²) in [7, 11) is 0. The fraction of sp³-hybridized carbons (Fsp3) is 0.214. The van der Waals surface area contributed by atoms with E-state index in [1.807, 2.05) is 12.1 Å². The Morgan fingerprint density at radius 2 is 1.94 bits per heavy atom. The predicted octanol–water partition coefficient (Wildman–Crippen LogP) is 3.29. The highest BCUT2D eigenvalue weighted by molar-refractivity contribution is 5.86. The van der Waals surface area contributed by atoms with Gasteiger partial charge in [-0.25, -0.2) is 4.39 Å². The zero-order chi connectivity index (χ0) is 11.8. The summed E-state index contributed by atoms with van der Waals surface area (Å²) in [6.45, 7) is 0. The van der Waals surface area contributed by atoms with Crippen LogP contribution in [-0.2, 0) is 4.79 Å². The second-order valence-corrected chi connectivity index (χ2v) is 4.29. The van der Waals surface area contributed by atoms with Gasteiger partial charge in [-0.3, -0.25) is 4.79 Å². The highest BCUT2D eigenvalue weighted by Crippen LogP contribution is 2.32. The fourth-order valence-corrected chi connectivity index (χ4v) is 1.80. The van der Waals surface area contributed by atoms with E-state index in [0.717, 1.165) is 18.2 Å². The van der Waals surface area contributed by atoms with Crippen molar-refractivity contribution in [1.29, 1.82) is 0 Å². The first-order chi connectivity index (χ1) is 8.25. The zero-order valence-corrected chi connectivity index (χ0v) is 9.15. The van der Waals surface area contributed by atoms with Gasteiger partial charge in [-0.15, -0.1) is 0 Å². The lowest BCUT2D eigenvalue weighted by molar-refractivity contribution is -0.135. The van der Waals surface area contributed by atoms with Crippen molar-refractivity contribution in [3.8, 4) is 5.75 Å². The van der Waals surface area contributed by atoms with Crippen LogP contribution in [0.4, 0.5) is 4.39 Å². The molecule has 1 aliphatic carbocycles. The summed E-state index contributed by atoms with van der Waals surface area (Å²) in [6, 6.07) is 10.4. The van der Waals surface area contributed by atoms with E-state index in [9.17, 15) is 9.18 Å². The Morgan fingerprint density at radius 1 is 1.18 bits per heavy atom. The Balaban J connectivity index is 1.99. The summed E-state index contributed by atoms with van der Waals surface area (Å²) >= 11 is 0. The second-order valence-electron chi connectivity index (χ2n) is 4.29. The molecule has 3 rings (SSSR count). The van der Waals surface area contributed by atoms with Gasteiger partial charge < -0.3 is 4.74 Å². The van der Waals surface area contributed by atoms with E-state index in [2.05, 4.69) is 0 Å². The predicted molar refractivity (Wildman–Crippen MR) is 62.3 cm³/mol. The molecule has 17 heavy (non-hydrogen) atoms. The third-order valence-corrected chi connectivity index (χ3v) is 2.95. The first kappa shape index (κ1) is 10.3. The Hall–Kier alpha value is -1.90. The molecular weight excluding hydrogens is 219 g/mol. The van der Waals surface area contributed by atoms with E-state index in [4.69, 9.17) is 4.74 Å². The average Bonchev–Trinajstić information content (AvgIpc) is 3.17. The molecule has 1 fully saturated rings. The maximum absolute atomic E-state index is 14.0. The van der Waals surface area contributed by atoms with Crippen molar-refractivity contribution >= 4 is 16.7 Å². The Kier molecular flexibility index (Phi) is 2.32. The third kappa shape index (κ3) is 1.88. The minimum Gasteiger partial charge on any atom is -0.423 e. The molecule has 0 N–H and O–H groups in total. The number of ether oxygens (including phenoxy) is 1. The number of halogens is 1. The number of hydrogen-bond acceptors (Lipinski definition) is 2. The molecule has 0 unspecified atom stereocenters.